The quantitative estimate of drug-likeness (QED) is 0.494. The predicted molar refractivity (Wildman–Crippen MR) is 104 cm³/mol. The zero-order chi connectivity index (χ0) is 18.1. The van der Waals surface area contributed by atoms with Gasteiger partial charge >= 0.3 is 0 Å². The van der Waals surface area contributed by atoms with Crippen LogP contribution in [0.2, 0.25) is 5.15 Å². The number of halogens is 1. The molecule has 5 nitrogen and oxygen atoms in total. The lowest BCUT2D eigenvalue weighted by Crippen LogP contribution is -2.38. The van der Waals surface area contributed by atoms with E-state index in [0.29, 0.717) is 5.56 Å². The standard InChI is InChI=1S/C19H20ClN3O2S/c1-13-16(17(24)15-3-2-5-21-18(15)20)14-4-12-26-19(14)23(13)7-6-22-8-10-25-11-9-22/h2-5,12H,6-11H2,1H3. The second-order valence-electron chi connectivity index (χ2n) is 6.38. The largest absolute Gasteiger partial charge is 0.379 e. The minimum Gasteiger partial charge on any atom is -0.379 e. The molecule has 3 aromatic heterocycles. The number of morpholine rings is 1. The highest BCUT2D eigenvalue weighted by Crippen LogP contribution is 2.32. The molecule has 1 saturated heterocycles. The summed E-state index contributed by atoms with van der Waals surface area (Å²) < 4.78 is 7.68. The van der Waals surface area contributed by atoms with E-state index in [4.69, 9.17) is 16.3 Å². The van der Waals surface area contributed by atoms with Crippen molar-refractivity contribution in [3.05, 3.63) is 51.7 Å². The van der Waals surface area contributed by atoms with Crippen molar-refractivity contribution < 1.29 is 9.53 Å². The van der Waals surface area contributed by atoms with Crippen LogP contribution in [-0.2, 0) is 11.3 Å². The smallest absolute Gasteiger partial charge is 0.198 e. The first kappa shape index (κ1) is 17.7. The highest BCUT2D eigenvalue weighted by atomic mass is 35.5. The van der Waals surface area contributed by atoms with Crippen LogP contribution in [-0.4, -0.2) is 53.1 Å². The van der Waals surface area contributed by atoms with E-state index >= 15 is 0 Å². The third kappa shape index (κ3) is 3.18. The van der Waals surface area contributed by atoms with Crippen molar-refractivity contribution in [1.82, 2.24) is 14.5 Å². The summed E-state index contributed by atoms with van der Waals surface area (Å²) in [5, 5.41) is 3.29. The van der Waals surface area contributed by atoms with Crippen LogP contribution in [0, 0.1) is 6.92 Å². The fourth-order valence-corrected chi connectivity index (χ4v) is 4.69. The van der Waals surface area contributed by atoms with Crippen molar-refractivity contribution >= 4 is 38.9 Å². The van der Waals surface area contributed by atoms with Crippen molar-refractivity contribution in [2.24, 2.45) is 0 Å². The number of rotatable bonds is 5. The third-order valence-corrected chi connectivity index (χ3v) is 6.14. The maximum atomic E-state index is 13.2. The van der Waals surface area contributed by atoms with E-state index < -0.39 is 0 Å². The van der Waals surface area contributed by atoms with Crippen LogP contribution < -0.4 is 0 Å². The van der Waals surface area contributed by atoms with Gasteiger partial charge in [-0.1, -0.05) is 11.6 Å². The summed E-state index contributed by atoms with van der Waals surface area (Å²) in [5.74, 6) is -0.0610. The van der Waals surface area contributed by atoms with Crippen molar-refractivity contribution in [2.75, 3.05) is 32.8 Å². The molecule has 0 N–H and O–H groups in total. The molecule has 7 heteroatoms. The Morgan fingerprint density at radius 1 is 1.31 bits per heavy atom. The Balaban J connectivity index is 1.68. The number of thiophene rings is 1. The molecule has 0 saturated carbocycles. The Morgan fingerprint density at radius 3 is 2.88 bits per heavy atom. The van der Waals surface area contributed by atoms with E-state index in [9.17, 15) is 4.79 Å². The van der Waals surface area contributed by atoms with E-state index in [-0.39, 0.29) is 10.9 Å². The molecule has 0 amide bonds. The van der Waals surface area contributed by atoms with E-state index in [1.54, 1.807) is 29.7 Å². The monoisotopic (exact) mass is 389 g/mol. The van der Waals surface area contributed by atoms with Crippen molar-refractivity contribution in [1.29, 1.82) is 0 Å². The molecule has 0 bridgehead atoms. The Morgan fingerprint density at radius 2 is 2.12 bits per heavy atom. The van der Waals surface area contributed by atoms with Gasteiger partial charge in [0.25, 0.3) is 0 Å². The number of hydrogen-bond acceptors (Lipinski definition) is 5. The molecule has 136 valence electrons. The Kier molecular flexibility index (Phi) is 5.09. The number of fused-ring (bicyclic) bond motifs is 1. The van der Waals surface area contributed by atoms with Gasteiger partial charge in [-0.2, -0.15) is 0 Å². The number of hydrogen-bond donors (Lipinski definition) is 0. The first-order valence-electron chi connectivity index (χ1n) is 8.68. The Labute approximate surface area is 161 Å². The minimum absolute atomic E-state index is 0.0610. The molecule has 1 aliphatic heterocycles. The highest BCUT2D eigenvalue weighted by molar-refractivity contribution is 7.16. The van der Waals surface area contributed by atoms with Crippen LogP contribution in [0.25, 0.3) is 10.2 Å². The molecule has 26 heavy (non-hydrogen) atoms. The molecule has 0 radical (unpaired) electrons. The second kappa shape index (κ2) is 7.48. The lowest BCUT2D eigenvalue weighted by Gasteiger charge is -2.26. The van der Waals surface area contributed by atoms with Gasteiger partial charge in [0, 0.05) is 43.5 Å². The number of ether oxygens (including phenoxy) is 1. The van der Waals surface area contributed by atoms with E-state index in [1.165, 1.54) is 0 Å². The molecule has 0 aromatic carbocycles. The number of carbonyl (C=O) groups excluding carboxylic acids is 1. The normalized spacial score (nSPS) is 15.6. The molecule has 1 aliphatic rings. The fraction of sp³-hybridized carbons (Fsp3) is 0.368. The molecular weight excluding hydrogens is 370 g/mol. The summed E-state index contributed by atoms with van der Waals surface area (Å²) in [7, 11) is 0. The third-order valence-electron chi connectivity index (χ3n) is 4.90. The van der Waals surface area contributed by atoms with Gasteiger partial charge < -0.3 is 9.30 Å². The van der Waals surface area contributed by atoms with Gasteiger partial charge in [-0.15, -0.1) is 11.3 Å². The number of aromatic nitrogens is 2. The zero-order valence-electron chi connectivity index (χ0n) is 14.6. The average molecular weight is 390 g/mol. The number of nitrogens with zero attached hydrogens (tertiary/aromatic N) is 3. The van der Waals surface area contributed by atoms with Gasteiger partial charge in [-0.25, -0.2) is 4.98 Å². The van der Waals surface area contributed by atoms with Crippen LogP contribution in [0.3, 0.4) is 0 Å². The van der Waals surface area contributed by atoms with Crippen LogP contribution >= 0.6 is 22.9 Å². The Bertz CT molecular complexity index is 944. The maximum absolute atomic E-state index is 13.2. The van der Waals surface area contributed by atoms with Crippen molar-refractivity contribution in [2.45, 2.75) is 13.5 Å². The minimum atomic E-state index is -0.0610. The van der Waals surface area contributed by atoms with Gasteiger partial charge in [0.15, 0.2) is 5.78 Å². The molecule has 0 aliphatic carbocycles. The summed E-state index contributed by atoms with van der Waals surface area (Å²) in [6, 6.07) is 5.50. The summed E-state index contributed by atoms with van der Waals surface area (Å²) in [6.07, 6.45) is 1.60. The lowest BCUT2D eigenvalue weighted by molar-refractivity contribution is 0.0365. The summed E-state index contributed by atoms with van der Waals surface area (Å²) in [5.41, 5.74) is 2.18. The molecule has 0 spiro atoms. The van der Waals surface area contributed by atoms with Gasteiger partial charge in [0.05, 0.1) is 24.3 Å². The zero-order valence-corrected chi connectivity index (χ0v) is 16.1. The van der Waals surface area contributed by atoms with E-state index in [2.05, 4.69) is 14.5 Å². The number of pyridine rings is 1. The van der Waals surface area contributed by atoms with Gasteiger partial charge in [-0.05, 0) is 30.5 Å². The van der Waals surface area contributed by atoms with Gasteiger partial charge in [0.1, 0.15) is 9.98 Å². The maximum Gasteiger partial charge on any atom is 0.198 e. The van der Waals surface area contributed by atoms with Gasteiger partial charge in [0.2, 0.25) is 0 Å². The van der Waals surface area contributed by atoms with Crippen molar-refractivity contribution in [3.63, 3.8) is 0 Å². The number of carbonyl (C=O) groups is 1. The van der Waals surface area contributed by atoms with Gasteiger partial charge in [-0.3, -0.25) is 9.69 Å². The molecule has 0 atom stereocenters. The molecule has 0 unspecified atom stereocenters. The van der Waals surface area contributed by atoms with Crippen LogP contribution in [0.15, 0.2) is 29.8 Å². The molecule has 1 fully saturated rings. The fourth-order valence-electron chi connectivity index (χ4n) is 3.49. The molecule has 4 heterocycles. The average Bonchev–Trinajstić information content (AvgIpc) is 3.21. The summed E-state index contributed by atoms with van der Waals surface area (Å²) in [6.45, 7) is 7.34. The number of ketones is 1. The van der Waals surface area contributed by atoms with Crippen LogP contribution in [0.4, 0.5) is 0 Å². The summed E-state index contributed by atoms with van der Waals surface area (Å²) >= 11 is 7.83. The molecule has 4 rings (SSSR count). The first-order valence-corrected chi connectivity index (χ1v) is 9.94. The van der Waals surface area contributed by atoms with Crippen LogP contribution in [0.1, 0.15) is 21.6 Å². The predicted octanol–water partition coefficient (Wildman–Crippen LogP) is 3.62. The molecular formula is C19H20ClN3O2S. The highest BCUT2D eigenvalue weighted by Gasteiger charge is 2.24. The van der Waals surface area contributed by atoms with Crippen molar-refractivity contribution in [3.8, 4) is 0 Å². The van der Waals surface area contributed by atoms with Crippen LogP contribution in [0.5, 0.6) is 0 Å². The van der Waals surface area contributed by atoms with E-state index in [0.717, 1.165) is 60.9 Å². The second-order valence-corrected chi connectivity index (χ2v) is 7.63. The molecule has 3 aromatic rings. The SMILES string of the molecule is Cc1c(C(=O)c2cccnc2Cl)c2ccsc2n1CCN1CCOCC1. The lowest BCUT2D eigenvalue weighted by atomic mass is 10.0. The summed E-state index contributed by atoms with van der Waals surface area (Å²) in [4.78, 5) is 20.8. The Hall–Kier alpha value is -1.73. The van der Waals surface area contributed by atoms with E-state index in [1.807, 2.05) is 18.4 Å². The topological polar surface area (TPSA) is 47.4 Å². The first-order chi connectivity index (χ1) is 12.7.